The van der Waals surface area contributed by atoms with E-state index < -0.39 is 6.04 Å². The largest absolute Gasteiger partial charge is 0.486 e. The number of fused-ring (bicyclic) bond motifs is 1. The Morgan fingerprint density at radius 3 is 2.35 bits per heavy atom. The van der Waals surface area contributed by atoms with Crippen LogP contribution in [0, 0.1) is 0 Å². The smallest absolute Gasteiger partial charge is 0.243 e. The van der Waals surface area contributed by atoms with Gasteiger partial charge in [-0.2, -0.15) is 0 Å². The van der Waals surface area contributed by atoms with Crippen molar-refractivity contribution < 1.29 is 19.1 Å². The summed E-state index contributed by atoms with van der Waals surface area (Å²) in [4.78, 5) is 28.9. The van der Waals surface area contributed by atoms with Gasteiger partial charge in [0.15, 0.2) is 11.5 Å². The van der Waals surface area contributed by atoms with Gasteiger partial charge in [-0.1, -0.05) is 66.2 Å². The van der Waals surface area contributed by atoms with E-state index in [9.17, 15) is 9.59 Å². The number of carbonyl (C=O) groups is 2. The van der Waals surface area contributed by atoms with Crippen LogP contribution < -0.4 is 14.8 Å². The zero-order chi connectivity index (χ0) is 26.2. The predicted octanol–water partition coefficient (Wildman–Crippen LogP) is 5.21. The Morgan fingerprint density at radius 2 is 1.62 bits per heavy atom. The van der Waals surface area contributed by atoms with Crippen molar-refractivity contribution in [2.24, 2.45) is 0 Å². The second-order valence-electron chi connectivity index (χ2n) is 9.46. The molecule has 1 heterocycles. The van der Waals surface area contributed by atoms with Crippen molar-refractivity contribution in [3.05, 3.63) is 94.5 Å². The van der Waals surface area contributed by atoms with Gasteiger partial charge in [0.2, 0.25) is 11.8 Å². The topological polar surface area (TPSA) is 67.9 Å². The quantitative estimate of drug-likeness (QED) is 0.398. The van der Waals surface area contributed by atoms with E-state index in [1.165, 1.54) is 0 Å². The molecule has 0 spiro atoms. The maximum atomic E-state index is 13.8. The molecule has 2 amide bonds. The minimum atomic E-state index is -0.686. The van der Waals surface area contributed by atoms with Gasteiger partial charge >= 0.3 is 0 Å². The first-order valence-electron chi connectivity index (χ1n) is 12.7. The Morgan fingerprint density at radius 1 is 0.919 bits per heavy atom. The molecule has 0 saturated heterocycles. The van der Waals surface area contributed by atoms with Crippen molar-refractivity contribution in [1.29, 1.82) is 0 Å². The lowest BCUT2D eigenvalue weighted by molar-refractivity contribution is -0.141. The summed E-state index contributed by atoms with van der Waals surface area (Å²) >= 11 is 6.48. The van der Waals surface area contributed by atoms with Gasteiger partial charge in [0, 0.05) is 30.5 Å². The van der Waals surface area contributed by atoms with Crippen LogP contribution in [0.1, 0.15) is 37.0 Å². The Kier molecular flexibility index (Phi) is 9.07. The van der Waals surface area contributed by atoms with E-state index in [1.807, 2.05) is 80.6 Å². The lowest BCUT2D eigenvalue weighted by Crippen LogP contribution is -2.51. The van der Waals surface area contributed by atoms with Crippen molar-refractivity contribution >= 4 is 23.4 Å². The summed E-state index contributed by atoms with van der Waals surface area (Å²) in [5.74, 6) is 1.12. The lowest BCUT2D eigenvalue weighted by Gasteiger charge is -2.32. The van der Waals surface area contributed by atoms with Crippen LogP contribution in [-0.2, 0) is 29.0 Å². The zero-order valence-corrected chi connectivity index (χ0v) is 22.0. The molecule has 1 unspecified atom stereocenters. The van der Waals surface area contributed by atoms with Crippen LogP contribution in [0.3, 0.4) is 0 Å². The molecule has 3 aromatic carbocycles. The van der Waals surface area contributed by atoms with Gasteiger partial charge in [-0.3, -0.25) is 9.59 Å². The van der Waals surface area contributed by atoms with Gasteiger partial charge in [-0.25, -0.2) is 0 Å². The van der Waals surface area contributed by atoms with Crippen molar-refractivity contribution in [3.63, 3.8) is 0 Å². The van der Waals surface area contributed by atoms with Crippen molar-refractivity contribution in [2.75, 3.05) is 13.2 Å². The highest BCUT2D eigenvalue weighted by atomic mass is 35.5. The van der Waals surface area contributed by atoms with E-state index in [-0.39, 0.29) is 30.8 Å². The molecule has 1 aliphatic rings. The van der Waals surface area contributed by atoms with Gasteiger partial charge in [0.1, 0.15) is 19.3 Å². The number of aryl methyl sites for hydroxylation is 1. The summed E-state index contributed by atoms with van der Waals surface area (Å²) in [6.07, 6.45) is 1.16. The van der Waals surface area contributed by atoms with E-state index in [1.54, 1.807) is 11.0 Å². The maximum absolute atomic E-state index is 13.8. The van der Waals surface area contributed by atoms with E-state index in [0.29, 0.717) is 36.8 Å². The van der Waals surface area contributed by atoms with Crippen LogP contribution in [-0.4, -0.2) is 42.0 Å². The van der Waals surface area contributed by atoms with Gasteiger partial charge < -0.3 is 19.7 Å². The molecule has 37 heavy (non-hydrogen) atoms. The van der Waals surface area contributed by atoms with Crippen molar-refractivity contribution in [2.45, 2.75) is 51.7 Å². The number of hydrogen-bond donors (Lipinski definition) is 1. The highest BCUT2D eigenvalue weighted by molar-refractivity contribution is 6.31. The third-order valence-corrected chi connectivity index (χ3v) is 6.60. The first-order valence-corrected chi connectivity index (χ1v) is 13.0. The normalized spacial score (nSPS) is 13.2. The van der Waals surface area contributed by atoms with Gasteiger partial charge in [-0.05, 0) is 55.2 Å². The molecule has 7 heteroatoms. The minimum absolute atomic E-state index is 0.0549. The molecular formula is C30H33ClN2O4. The molecule has 1 aliphatic heterocycles. The fraction of sp³-hybridized carbons (Fsp3) is 0.333. The third-order valence-electron chi connectivity index (χ3n) is 6.23. The molecular weight excluding hydrogens is 488 g/mol. The van der Waals surface area contributed by atoms with E-state index in [4.69, 9.17) is 21.1 Å². The standard InChI is InChI=1S/C30H33ClN2O4/c1-21(2)32-30(35)26(18-22-8-4-3-5-9-22)33(20-24-10-6-7-11-25(24)31)29(34)15-13-23-12-14-27-28(19-23)37-17-16-36-27/h3-12,14,19,21,26H,13,15-18,20H2,1-2H3,(H,32,35). The Hall–Kier alpha value is -3.51. The summed E-state index contributed by atoms with van der Waals surface area (Å²) < 4.78 is 11.3. The van der Waals surface area contributed by atoms with Gasteiger partial charge in [0.05, 0.1) is 0 Å². The van der Waals surface area contributed by atoms with Crippen molar-refractivity contribution in [1.82, 2.24) is 10.2 Å². The molecule has 4 rings (SSSR count). The van der Waals surface area contributed by atoms with Crippen LogP contribution in [0.5, 0.6) is 11.5 Å². The fourth-order valence-corrected chi connectivity index (χ4v) is 4.58. The second kappa shape index (κ2) is 12.6. The molecule has 6 nitrogen and oxygen atoms in total. The molecule has 194 valence electrons. The molecule has 0 radical (unpaired) electrons. The molecule has 0 aliphatic carbocycles. The van der Waals surface area contributed by atoms with Crippen LogP contribution in [0.2, 0.25) is 5.02 Å². The van der Waals surface area contributed by atoms with Gasteiger partial charge in [0.25, 0.3) is 0 Å². The average molecular weight is 521 g/mol. The lowest BCUT2D eigenvalue weighted by atomic mass is 10.0. The summed E-state index contributed by atoms with van der Waals surface area (Å²) in [6.45, 7) is 5.11. The molecule has 0 aromatic heterocycles. The SMILES string of the molecule is CC(C)NC(=O)C(Cc1ccccc1)N(Cc1ccccc1Cl)C(=O)CCc1ccc2c(c1)OCCO2. The number of nitrogens with one attached hydrogen (secondary N) is 1. The number of hydrogen-bond acceptors (Lipinski definition) is 4. The van der Waals surface area contributed by atoms with Crippen molar-refractivity contribution in [3.8, 4) is 11.5 Å². The number of benzene rings is 3. The number of amides is 2. The van der Waals surface area contributed by atoms with Crippen LogP contribution in [0.15, 0.2) is 72.8 Å². The van der Waals surface area contributed by atoms with E-state index >= 15 is 0 Å². The zero-order valence-electron chi connectivity index (χ0n) is 21.3. The highest BCUT2D eigenvalue weighted by Gasteiger charge is 2.31. The molecule has 1 N–H and O–H groups in total. The summed E-state index contributed by atoms with van der Waals surface area (Å²) in [5.41, 5.74) is 2.75. The minimum Gasteiger partial charge on any atom is -0.486 e. The molecule has 0 bridgehead atoms. The molecule has 1 atom stereocenters. The van der Waals surface area contributed by atoms with Crippen LogP contribution in [0.4, 0.5) is 0 Å². The average Bonchev–Trinajstić information content (AvgIpc) is 2.90. The Bertz CT molecular complexity index is 1220. The molecule has 3 aromatic rings. The first-order chi connectivity index (χ1) is 17.9. The fourth-order valence-electron chi connectivity index (χ4n) is 4.38. The molecule has 0 fully saturated rings. The Labute approximate surface area is 223 Å². The van der Waals surface area contributed by atoms with E-state index in [2.05, 4.69) is 5.32 Å². The van der Waals surface area contributed by atoms with Gasteiger partial charge in [-0.15, -0.1) is 0 Å². The summed E-state index contributed by atoms with van der Waals surface area (Å²) in [7, 11) is 0. The summed E-state index contributed by atoms with van der Waals surface area (Å²) in [5, 5.41) is 3.58. The van der Waals surface area contributed by atoms with Crippen LogP contribution >= 0.6 is 11.6 Å². The second-order valence-corrected chi connectivity index (χ2v) is 9.87. The highest BCUT2D eigenvalue weighted by Crippen LogP contribution is 2.31. The monoisotopic (exact) mass is 520 g/mol. The maximum Gasteiger partial charge on any atom is 0.243 e. The molecule has 0 saturated carbocycles. The summed E-state index contributed by atoms with van der Waals surface area (Å²) in [6, 6.07) is 22.2. The number of ether oxygens (including phenoxy) is 2. The van der Waals surface area contributed by atoms with E-state index in [0.717, 1.165) is 22.4 Å². The Balaban J connectivity index is 1.60. The first kappa shape index (κ1) is 26.6. The number of nitrogens with zero attached hydrogens (tertiary/aromatic N) is 1. The number of rotatable bonds is 10. The van der Waals surface area contributed by atoms with Crippen LogP contribution in [0.25, 0.3) is 0 Å². The third kappa shape index (κ3) is 7.26. The predicted molar refractivity (Wildman–Crippen MR) is 145 cm³/mol. The number of halogens is 1. The number of carbonyl (C=O) groups excluding carboxylic acids is 2.